The summed E-state index contributed by atoms with van der Waals surface area (Å²) in [7, 11) is 0. The highest BCUT2D eigenvalue weighted by atomic mass is 35.5. The molecule has 0 bridgehead atoms. The smallest absolute Gasteiger partial charge is 0.140 e. The fourth-order valence-corrected chi connectivity index (χ4v) is 2.12. The van der Waals surface area contributed by atoms with Crippen LogP contribution in [0.4, 0.5) is 4.39 Å². The van der Waals surface area contributed by atoms with E-state index >= 15 is 0 Å². The highest BCUT2D eigenvalue weighted by molar-refractivity contribution is 6.43. The van der Waals surface area contributed by atoms with E-state index in [1.165, 1.54) is 30.3 Å². The molecule has 0 aliphatic heterocycles. The quantitative estimate of drug-likeness (QED) is 0.721. The molecule has 0 aliphatic carbocycles. The maximum atomic E-state index is 13.2. The zero-order chi connectivity index (χ0) is 14.7. The summed E-state index contributed by atoms with van der Waals surface area (Å²) in [5, 5.41) is 9.73. The van der Waals surface area contributed by atoms with Crippen molar-refractivity contribution in [2.75, 3.05) is 0 Å². The largest absolute Gasteiger partial charge is 0.487 e. The SMILES string of the molecule is N#Cc1cc(COc2cc(Cl)c(Cl)cc2Cl)ccc1F. The van der Waals surface area contributed by atoms with E-state index in [4.69, 9.17) is 44.8 Å². The monoisotopic (exact) mass is 329 g/mol. The summed E-state index contributed by atoms with van der Waals surface area (Å²) >= 11 is 17.7. The number of hydrogen-bond donors (Lipinski definition) is 0. The molecule has 0 amide bonds. The Morgan fingerprint density at radius 1 is 1.05 bits per heavy atom. The summed E-state index contributed by atoms with van der Waals surface area (Å²) in [5.74, 6) is -0.201. The van der Waals surface area contributed by atoms with Gasteiger partial charge in [-0.15, -0.1) is 0 Å². The summed E-state index contributed by atoms with van der Waals surface area (Å²) in [6.45, 7) is 0.132. The molecule has 6 heteroatoms. The van der Waals surface area contributed by atoms with Crippen molar-refractivity contribution in [2.45, 2.75) is 6.61 Å². The van der Waals surface area contributed by atoms with Crippen LogP contribution in [0.1, 0.15) is 11.1 Å². The number of rotatable bonds is 3. The number of halogens is 4. The van der Waals surface area contributed by atoms with E-state index in [-0.39, 0.29) is 12.2 Å². The van der Waals surface area contributed by atoms with Gasteiger partial charge in [0.1, 0.15) is 24.2 Å². The lowest BCUT2D eigenvalue weighted by Crippen LogP contribution is -1.97. The van der Waals surface area contributed by atoms with Gasteiger partial charge in [-0.25, -0.2) is 4.39 Å². The van der Waals surface area contributed by atoms with Crippen molar-refractivity contribution < 1.29 is 9.13 Å². The number of nitriles is 1. The molecule has 0 atom stereocenters. The highest BCUT2D eigenvalue weighted by Crippen LogP contribution is 2.34. The molecule has 2 rings (SSSR count). The van der Waals surface area contributed by atoms with E-state index in [1.54, 1.807) is 6.07 Å². The number of hydrogen-bond acceptors (Lipinski definition) is 2. The molecule has 102 valence electrons. The lowest BCUT2D eigenvalue weighted by Gasteiger charge is -2.09. The van der Waals surface area contributed by atoms with E-state index in [0.717, 1.165) is 0 Å². The predicted octanol–water partition coefficient (Wildman–Crippen LogP) is 5.24. The van der Waals surface area contributed by atoms with Gasteiger partial charge in [0.15, 0.2) is 0 Å². The molecule has 2 aromatic carbocycles. The molecule has 0 heterocycles. The molecule has 0 N–H and O–H groups in total. The third kappa shape index (κ3) is 3.34. The average Bonchev–Trinajstić information content (AvgIpc) is 2.43. The molecule has 0 fully saturated rings. The van der Waals surface area contributed by atoms with Gasteiger partial charge in [-0.2, -0.15) is 5.26 Å². The molecule has 0 aromatic heterocycles. The Labute approximate surface area is 130 Å². The minimum absolute atomic E-state index is 0.0358. The first-order valence-electron chi connectivity index (χ1n) is 5.47. The van der Waals surface area contributed by atoms with E-state index in [1.807, 2.05) is 0 Å². The Balaban J connectivity index is 2.17. The molecule has 0 saturated carbocycles. The van der Waals surface area contributed by atoms with Gasteiger partial charge in [0.2, 0.25) is 0 Å². The van der Waals surface area contributed by atoms with Crippen molar-refractivity contribution in [2.24, 2.45) is 0 Å². The summed E-state index contributed by atoms with van der Waals surface area (Å²) in [5.41, 5.74) is 0.608. The van der Waals surface area contributed by atoms with E-state index < -0.39 is 5.82 Å². The molecule has 0 aliphatic rings. The first-order chi connectivity index (χ1) is 9.51. The second-order valence-corrected chi connectivity index (χ2v) is 5.13. The molecule has 2 aromatic rings. The number of benzene rings is 2. The zero-order valence-electron chi connectivity index (χ0n) is 9.96. The van der Waals surface area contributed by atoms with Crippen LogP contribution in [0.25, 0.3) is 0 Å². The van der Waals surface area contributed by atoms with Crippen molar-refractivity contribution in [3.63, 3.8) is 0 Å². The van der Waals surface area contributed by atoms with Crippen molar-refractivity contribution >= 4 is 34.8 Å². The van der Waals surface area contributed by atoms with Gasteiger partial charge >= 0.3 is 0 Å². The van der Waals surface area contributed by atoms with E-state index in [0.29, 0.717) is 26.4 Å². The number of ether oxygens (including phenoxy) is 1. The molecule has 0 saturated heterocycles. The van der Waals surface area contributed by atoms with E-state index in [9.17, 15) is 4.39 Å². The fourth-order valence-electron chi connectivity index (χ4n) is 1.52. The standard InChI is InChI=1S/C14H7Cl3FNO/c15-10-4-12(17)14(5-11(10)16)20-7-8-1-2-13(18)9(3-8)6-19/h1-5H,7H2. The van der Waals surface area contributed by atoms with Crippen molar-refractivity contribution in [3.05, 3.63) is 62.3 Å². The maximum absolute atomic E-state index is 13.2. The third-order valence-corrected chi connectivity index (χ3v) is 3.54. The van der Waals surface area contributed by atoms with Crippen molar-refractivity contribution in [1.82, 2.24) is 0 Å². The summed E-state index contributed by atoms with van der Waals surface area (Å²) < 4.78 is 18.7. The fraction of sp³-hybridized carbons (Fsp3) is 0.0714. The van der Waals surface area contributed by atoms with E-state index in [2.05, 4.69) is 0 Å². The Hall–Kier alpha value is -1.47. The molecular weight excluding hydrogens is 324 g/mol. The van der Waals surface area contributed by atoms with Gasteiger partial charge in [-0.3, -0.25) is 0 Å². The van der Waals surface area contributed by atoms with Crippen molar-refractivity contribution in [3.8, 4) is 11.8 Å². The average molecular weight is 331 g/mol. The zero-order valence-corrected chi connectivity index (χ0v) is 12.2. The van der Waals surface area contributed by atoms with Crippen LogP contribution in [0.5, 0.6) is 5.75 Å². The van der Waals surface area contributed by atoms with Crippen LogP contribution in [-0.2, 0) is 6.61 Å². The second-order valence-electron chi connectivity index (χ2n) is 3.91. The molecule has 0 radical (unpaired) electrons. The van der Waals surface area contributed by atoms with Gasteiger partial charge in [0.25, 0.3) is 0 Å². The highest BCUT2D eigenvalue weighted by Gasteiger charge is 2.08. The summed E-state index contributed by atoms with van der Waals surface area (Å²) in [6, 6.07) is 8.91. The topological polar surface area (TPSA) is 33.0 Å². The van der Waals surface area contributed by atoms with Gasteiger partial charge < -0.3 is 4.74 Å². The number of nitrogens with zero attached hydrogens (tertiary/aromatic N) is 1. The van der Waals surface area contributed by atoms with Gasteiger partial charge in [0.05, 0.1) is 20.6 Å². The van der Waals surface area contributed by atoms with Crippen LogP contribution in [0.3, 0.4) is 0 Å². The summed E-state index contributed by atoms with van der Waals surface area (Å²) in [4.78, 5) is 0. The van der Waals surface area contributed by atoms with Gasteiger partial charge in [-0.1, -0.05) is 40.9 Å². The van der Waals surface area contributed by atoms with Crippen LogP contribution in [0.15, 0.2) is 30.3 Å². The van der Waals surface area contributed by atoms with Crippen LogP contribution in [0, 0.1) is 17.1 Å². The molecule has 0 unspecified atom stereocenters. The third-order valence-electron chi connectivity index (χ3n) is 2.52. The van der Waals surface area contributed by atoms with Crippen LogP contribution in [0.2, 0.25) is 15.1 Å². The van der Waals surface area contributed by atoms with Crippen molar-refractivity contribution in [1.29, 1.82) is 5.26 Å². The second kappa shape index (κ2) is 6.32. The first kappa shape index (κ1) is 14.9. The minimum Gasteiger partial charge on any atom is -0.487 e. The first-order valence-corrected chi connectivity index (χ1v) is 6.60. The Kier molecular flexibility index (Phi) is 4.72. The lowest BCUT2D eigenvalue weighted by molar-refractivity contribution is 0.306. The Bertz CT molecular complexity index is 698. The molecule has 20 heavy (non-hydrogen) atoms. The summed E-state index contributed by atoms with van der Waals surface area (Å²) in [6.07, 6.45) is 0. The Morgan fingerprint density at radius 2 is 1.75 bits per heavy atom. The normalized spacial score (nSPS) is 10.2. The molecule has 2 nitrogen and oxygen atoms in total. The van der Waals surface area contributed by atoms with Gasteiger partial charge in [-0.05, 0) is 23.8 Å². The molecular formula is C14H7Cl3FNO. The minimum atomic E-state index is -0.566. The van der Waals surface area contributed by atoms with Crippen LogP contribution in [-0.4, -0.2) is 0 Å². The predicted molar refractivity (Wildman–Crippen MR) is 76.9 cm³/mol. The van der Waals surface area contributed by atoms with Crippen LogP contribution < -0.4 is 4.74 Å². The van der Waals surface area contributed by atoms with Crippen LogP contribution >= 0.6 is 34.8 Å². The lowest BCUT2D eigenvalue weighted by atomic mass is 10.1. The van der Waals surface area contributed by atoms with Gasteiger partial charge in [0, 0.05) is 6.07 Å². The maximum Gasteiger partial charge on any atom is 0.140 e. The molecule has 0 spiro atoms. The Morgan fingerprint density at radius 3 is 2.45 bits per heavy atom.